The van der Waals surface area contributed by atoms with Gasteiger partial charge in [-0.05, 0) is 49.6 Å². The number of rotatable bonds is 10. The molecule has 0 aliphatic rings. The van der Waals surface area contributed by atoms with Crippen LogP contribution in [0.25, 0.3) is 0 Å². The van der Waals surface area contributed by atoms with E-state index in [-0.39, 0.29) is 11.9 Å². The molecule has 0 spiro atoms. The van der Waals surface area contributed by atoms with Crippen molar-refractivity contribution in [3.05, 3.63) is 119 Å². The molecule has 4 rings (SSSR count). The molecule has 180 valence electrons. The summed E-state index contributed by atoms with van der Waals surface area (Å²) >= 11 is 0. The van der Waals surface area contributed by atoms with Gasteiger partial charge < -0.3 is 9.73 Å². The molecule has 0 bridgehead atoms. The highest BCUT2D eigenvalue weighted by Gasteiger charge is 2.21. The van der Waals surface area contributed by atoms with E-state index in [9.17, 15) is 4.79 Å². The standard InChI is InChI=1S/C29H32N4O2/c1-21-12-13-25(22(2)17-21)18-33(23(3)24-9-5-4-6-10-24)19-28-32-27(20-35-28)29(34)31-16-14-26-11-7-8-15-30-26/h4-13,15,17,20,23H,14,16,18-19H2,1-3H3,(H,31,34)/t23-/m1/s1. The van der Waals surface area contributed by atoms with Gasteiger partial charge in [0.05, 0.1) is 6.54 Å². The third kappa shape index (κ3) is 6.64. The minimum atomic E-state index is -0.243. The summed E-state index contributed by atoms with van der Waals surface area (Å²) in [6, 6.07) is 22.8. The van der Waals surface area contributed by atoms with Gasteiger partial charge in [-0.3, -0.25) is 14.7 Å². The van der Waals surface area contributed by atoms with E-state index in [1.807, 2.05) is 24.3 Å². The molecule has 1 amide bonds. The number of nitrogens with one attached hydrogen (secondary N) is 1. The number of nitrogens with zero attached hydrogens (tertiary/aromatic N) is 3. The van der Waals surface area contributed by atoms with Gasteiger partial charge in [-0.2, -0.15) is 0 Å². The number of pyridine rings is 1. The van der Waals surface area contributed by atoms with Crippen molar-refractivity contribution in [3.8, 4) is 0 Å². The molecule has 0 radical (unpaired) electrons. The minimum Gasteiger partial charge on any atom is -0.447 e. The van der Waals surface area contributed by atoms with Crippen molar-refractivity contribution in [2.45, 2.75) is 46.3 Å². The Morgan fingerprint density at radius 1 is 1.03 bits per heavy atom. The van der Waals surface area contributed by atoms with Gasteiger partial charge in [-0.1, -0.05) is 60.2 Å². The number of carbonyl (C=O) groups excluding carboxylic acids is 1. The average Bonchev–Trinajstić information content (AvgIpc) is 3.34. The molecule has 35 heavy (non-hydrogen) atoms. The van der Waals surface area contributed by atoms with Crippen LogP contribution in [0.2, 0.25) is 0 Å². The maximum absolute atomic E-state index is 12.6. The monoisotopic (exact) mass is 468 g/mol. The highest BCUT2D eigenvalue weighted by molar-refractivity contribution is 5.91. The number of benzene rings is 2. The zero-order valence-corrected chi connectivity index (χ0v) is 20.6. The molecular formula is C29H32N4O2. The van der Waals surface area contributed by atoms with E-state index in [0.717, 1.165) is 12.2 Å². The Balaban J connectivity index is 1.45. The summed E-state index contributed by atoms with van der Waals surface area (Å²) < 4.78 is 5.73. The van der Waals surface area contributed by atoms with Gasteiger partial charge in [0.2, 0.25) is 5.89 Å². The van der Waals surface area contributed by atoms with Gasteiger partial charge >= 0.3 is 0 Å². The first-order valence-electron chi connectivity index (χ1n) is 12.0. The smallest absolute Gasteiger partial charge is 0.273 e. The number of hydrogen-bond acceptors (Lipinski definition) is 5. The minimum absolute atomic E-state index is 0.138. The van der Waals surface area contributed by atoms with Crippen molar-refractivity contribution < 1.29 is 9.21 Å². The lowest BCUT2D eigenvalue weighted by molar-refractivity contribution is 0.0949. The second-order valence-electron chi connectivity index (χ2n) is 8.88. The lowest BCUT2D eigenvalue weighted by Crippen LogP contribution is -2.28. The van der Waals surface area contributed by atoms with E-state index in [2.05, 4.69) is 83.4 Å². The SMILES string of the molecule is Cc1ccc(CN(Cc2nc(C(=O)NCCc3ccccn3)co2)[C@H](C)c2ccccc2)c(C)c1. The summed E-state index contributed by atoms with van der Waals surface area (Å²) in [7, 11) is 0. The third-order valence-electron chi connectivity index (χ3n) is 6.22. The predicted molar refractivity (Wildman–Crippen MR) is 137 cm³/mol. The van der Waals surface area contributed by atoms with Crippen molar-refractivity contribution in [2.75, 3.05) is 6.54 Å². The Morgan fingerprint density at radius 2 is 1.83 bits per heavy atom. The predicted octanol–water partition coefficient (Wildman–Crippen LogP) is 5.42. The zero-order chi connectivity index (χ0) is 24.6. The Morgan fingerprint density at radius 3 is 2.57 bits per heavy atom. The molecule has 6 nitrogen and oxygen atoms in total. The second kappa shape index (κ2) is 11.6. The van der Waals surface area contributed by atoms with Gasteiger partial charge in [0.15, 0.2) is 5.69 Å². The van der Waals surface area contributed by atoms with E-state index in [1.165, 1.54) is 28.5 Å². The Kier molecular flexibility index (Phi) is 8.06. The van der Waals surface area contributed by atoms with Gasteiger partial charge in [0, 0.05) is 37.4 Å². The summed E-state index contributed by atoms with van der Waals surface area (Å²) in [6.07, 6.45) is 3.85. The summed E-state index contributed by atoms with van der Waals surface area (Å²) in [5.74, 6) is 0.278. The molecule has 0 aliphatic heterocycles. The number of aryl methyl sites for hydroxylation is 2. The van der Waals surface area contributed by atoms with Crippen molar-refractivity contribution in [2.24, 2.45) is 0 Å². The van der Waals surface area contributed by atoms with Crippen molar-refractivity contribution in [3.63, 3.8) is 0 Å². The molecule has 2 aromatic carbocycles. The quantitative estimate of drug-likeness (QED) is 0.336. The second-order valence-corrected chi connectivity index (χ2v) is 8.88. The van der Waals surface area contributed by atoms with Crippen LogP contribution in [0, 0.1) is 13.8 Å². The first-order chi connectivity index (χ1) is 17.0. The highest BCUT2D eigenvalue weighted by Crippen LogP contribution is 2.25. The van der Waals surface area contributed by atoms with E-state index < -0.39 is 0 Å². The van der Waals surface area contributed by atoms with E-state index in [1.54, 1.807) is 6.20 Å². The maximum atomic E-state index is 12.6. The fraction of sp³-hybridized carbons (Fsp3) is 0.276. The Bertz CT molecular complexity index is 1240. The molecule has 0 unspecified atom stereocenters. The van der Waals surface area contributed by atoms with Crippen molar-refractivity contribution >= 4 is 5.91 Å². The lowest BCUT2D eigenvalue weighted by atomic mass is 10.0. The van der Waals surface area contributed by atoms with Gasteiger partial charge in [0.1, 0.15) is 6.26 Å². The zero-order valence-electron chi connectivity index (χ0n) is 20.6. The van der Waals surface area contributed by atoms with Gasteiger partial charge in [-0.15, -0.1) is 0 Å². The van der Waals surface area contributed by atoms with E-state index >= 15 is 0 Å². The molecule has 0 saturated carbocycles. The topological polar surface area (TPSA) is 71.3 Å². The van der Waals surface area contributed by atoms with Crippen LogP contribution in [0.1, 0.15) is 57.3 Å². The number of amides is 1. The van der Waals surface area contributed by atoms with Crippen molar-refractivity contribution in [1.29, 1.82) is 0 Å². The Hall–Kier alpha value is -3.77. The van der Waals surface area contributed by atoms with E-state index in [0.29, 0.717) is 31.1 Å². The van der Waals surface area contributed by atoms with Crippen LogP contribution < -0.4 is 5.32 Å². The average molecular weight is 469 g/mol. The molecule has 0 aliphatic carbocycles. The summed E-state index contributed by atoms with van der Waals surface area (Å²) in [5, 5.41) is 2.90. The fourth-order valence-corrected chi connectivity index (χ4v) is 4.12. The summed E-state index contributed by atoms with van der Waals surface area (Å²) in [6.45, 7) is 8.17. The van der Waals surface area contributed by atoms with Gasteiger partial charge in [-0.25, -0.2) is 4.98 Å². The van der Waals surface area contributed by atoms with Crippen LogP contribution in [0.3, 0.4) is 0 Å². The molecule has 0 saturated heterocycles. The molecule has 2 heterocycles. The van der Waals surface area contributed by atoms with Crippen LogP contribution in [-0.4, -0.2) is 27.3 Å². The third-order valence-corrected chi connectivity index (χ3v) is 6.22. The normalized spacial score (nSPS) is 12.0. The largest absolute Gasteiger partial charge is 0.447 e. The first-order valence-corrected chi connectivity index (χ1v) is 12.0. The summed E-state index contributed by atoms with van der Waals surface area (Å²) in [5.41, 5.74) is 6.22. The number of aromatic nitrogens is 2. The number of hydrogen-bond donors (Lipinski definition) is 1. The van der Waals surface area contributed by atoms with Crippen LogP contribution in [0.15, 0.2) is 83.6 Å². The highest BCUT2D eigenvalue weighted by atomic mass is 16.3. The Labute approximate surface area is 207 Å². The van der Waals surface area contributed by atoms with Crippen LogP contribution in [-0.2, 0) is 19.5 Å². The molecule has 0 fully saturated rings. The van der Waals surface area contributed by atoms with Gasteiger partial charge in [0.25, 0.3) is 5.91 Å². The lowest BCUT2D eigenvalue weighted by Gasteiger charge is -2.29. The van der Waals surface area contributed by atoms with E-state index in [4.69, 9.17) is 4.42 Å². The molecular weight excluding hydrogens is 436 g/mol. The molecule has 4 aromatic rings. The molecule has 2 aromatic heterocycles. The fourth-order valence-electron chi connectivity index (χ4n) is 4.12. The molecule has 1 atom stereocenters. The number of carbonyl (C=O) groups is 1. The van der Waals surface area contributed by atoms with Crippen LogP contribution >= 0.6 is 0 Å². The van der Waals surface area contributed by atoms with Crippen molar-refractivity contribution in [1.82, 2.24) is 20.2 Å². The summed E-state index contributed by atoms with van der Waals surface area (Å²) in [4.78, 5) is 23.7. The maximum Gasteiger partial charge on any atom is 0.273 e. The molecule has 1 N–H and O–H groups in total. The molecule has 6 heteroatoms. The number of oxazole rings is 1. The first kappa shape index (κ1) is 24.4. The van der Waals surface area contributed by atoms with Crippen LogP contribution in [0.4, 0.5) is 0 Å². The van der Waals surface area contributed by atoms with Crippen LogP contribution in [0.5, 0.6) is 0 Å².